The van der Waals surface area contributed by atoms with Crippen molar-refractivity contribution in [3.05, 3.63) is 35.9 Å². The first kappa shape index (κ1) is 17.1. The van der Waals surface area contributed by atoms with Crippen molar-refractivity contribution < 1.29 is 14.7 Å². The third kappa shape index (κ3) is 6.37. The van der Waals surface area contributed by atoms with Crippen LogP contribution in [0.4, 0.5) is 0 Å². The predicted molar refractivity (Wildman–Crippen MR) is 80.6 cm³/mol. The molecule has 116 valence electrons. The first-order chi connectivity index (χ1) is 10.0. The van der Waals surface area contributed by atoms with Gasteiger partial charge in [0.1, 0.15) is 6.04 Å². The lowest BCUT2D eigenvalue weighted by Gasteiger charge is -2.17. The molecule has 21 heavy (non-hydrogen) atoms. The number of rotatable bonds is 9. The molecule has 0 heterocycles. The minimum atomic E-state index is -1.05. The minimum absolute atomic E-state index is 0.328. The lowest BCUT2D eigenvalue weighted by atomic mass is 10.0. The van der Waals surface area contributed by atoms with Gasteiger partial charge in [0.25, 0.3) is 0 Å². The highest BCUT2D eigenvalue weighted by Crippen LogP contribution is 2.06. The number of aliphatic carboxylic acids is 1. The van der Waals surface area contributed by atoms with Gasteiger partial charge in [0.2, 0.25) is 5.91 Å². The molecule has 2 atom stereocenters. The predicted octanol–water partition coefficient (Wildman–Crippen LogP) is 0.255. The van der Waals surface area contributed by atoms with Gasteiger partial charge in [0, 0.05) is 0 Å². The fourth-order valence-electron chi connectivity index (χ4n) is 1.96. The Bertz CT molecular complexity index is 451. The Kier molecular flexibility index (Phi) is 7.42. The molecule has 0 aliphatic heterocycles. The zero-order valence-electron chi connectivity index (χ0n) is 12.0. The van der Waals surface area contributed by atoms with Crippen LogP contribution in [-0.2, 0) is 16.0 Å². The number of carbonyl (C=O) groups excluding carboxylic acids is 1. The Morgan fingerprint density at radius 3 is 2.43 bits per heavy atom. The Morgan fingerprint density at radius 1 is 1.19 bits per heavy atom. The highest BCUT2D eigenvalue weighted by atomic mass is 16.4. The third-order valence-electron chi connectivity index (χ3n) is 3.24. The molecule has 0 radical (unpaired) electrons. The maximum Gasteiger partial charge on any atom is 0.326 e. The van der Waals surface area contributed by atoms with Gasteiger partial charge >= 0.3 is 5.97 Å². The van der Waals surface area contributed by atoms with Crippen LogP contribution in [0.1, 0.15) is 24.8 Å². The SMILES string of the molecule is NCCC[C@@H](N)C(=O)N[C@H](CCc1ccccc1)C(=O)O. The number of nitrogens with two attached hydrogens (primary N) is 2. The summed E-state index contributed by atoms with van der Waals surface area (Å²) >= 11 is 0. The van der Waals surface area contributed by atoms with E-state index in [1.807, 2.05) is 30.3 Å². The van der Waals surface area contributed by atoms with Crippen LogP contribution in [0.25, 0.3) is 0 Å². The normalized spacial score (nSPS) is 13.4. The molecular weight excluding hydrogens is 270 g/mol. The van der Waals surface area contributed by atoms with E-state index in [0.717, 1.165) is 5.56 Å². The van der Waals surface area contributed by atoms with Gasteiger partial charge < -0.3 is 21.9 Å². The van der Waals surface area contributed by atoms with Crippen molar-refractivity contribution in [1.82, 2.24) is 5.32 Å². The van der Waals surface area contributed by atoms with E-state index in [1.54, 1.807) is 0 Å². The summed E-state index contributed by atoms with van der Waals surface area (Å²) in [6, 6.07) is 7.89. The van der Waals surface area contributed by atoms with Crippen LogP contribution in [0.15, 0.2) is 30.3 Å². The van der Waals surface area contributed by atoms with Crippen LogP contribution in [0.2, 0.25) is 0 Å². The van der Waals surface area contributed by atoms with Crippen LogP contribution in [-0.4, -0.2) is 35.6 Å². The number of carboxylic acids is 1. The molecule has 1 rings (SSSR count). The number of hydrogen-bond acceptors (Lipinski definition) is 4. The maximum atomic E-state index is 11.8. The average Bonchev–Trinajstić information content (AvgIpc) is 2.49. The van der Waals surface area contributed by atoms with E-state index in [1.165, 1.54) is 0 Å². The van der Waals surface area contributed by atoms with Crippen LogP contribution < -0.4 is 16.8 Å². The van der Waals surface area contributed by atoms with Gasteiger partial charge in [-0.2, -0.15) is 0 Å². The third-order valence-corrected chi connectivity index (χ3v) is 3.24. The average molecular weight is 293 g/mol. The molecule has 1 aromatic rings. The molecule has 0 bridgehead atoms. The molecule has 6 nitrogen and oxygen atoms in total. The largest absolute Gasteiger partial charge is 0.480 e. The van der Waals surface area contributed by atoms with Crippen LogP contribution in [0.5, 0.6) is 0 Å². The fourth-order valence-corrected chi connectivity index (χ4v) is 1.96. The summed E-state index contributed by atoms with van der Waals surface area (Å²) in [6.07, 6.45) is 1.99. The van der Waals surface area contributed by atoms with Gasteiger partial charge in [-0.1, -0.05) is 30.3 Å². The number of amides is 1. The van der Waals surface area contributed by atoms with E-state index < -0.39 is 24.0 Å². The first-order valence-corrected chi connectivity index (χ1v) is 7.07. The monoisotopic (exact) mass is 293 g/mol. The number of benzene rings is 1. The van der Waals surface area contributed by atoms with Crippen molar-refractivity contribution >= 4 is 11.9 Å². The van der Waals surface area contributed by atoms with E-state index in [9.17, 15) is 14.7 Å². The molecule has 0 fully saturated rings. The summed E-state index contributed by atoms with van der Waals surface area (Å²) in [7, 11) is 0. The second-order valence-corrected chi connectivity index (χ2v) is 4.96. The lowest BCUT2D eigenvalue weighted by molar-refractivity contribution is -0.142. The quantitative estimate of drug-likeness (QED) is 0.520. The molecule has 1 aromatic carbocycles. The second-order valence-electron chi connectivity index (χ2n) is 4.96. The Morgan fingerprint density at radius 2 is 1.86 bits per heavy atom. The Hall–Kier alpha value is -1.92. The lowest BCUT2D eigenvalue weighted by Crippen LogP contribution is -2.48. The molecule has 6 N–H and O–H groups in total. The number of hydrogen-bond donors (Lipinski definition) is 4. The van der Waals surface area contributed by atoms with Gasteiger partial charge in [-0.3, -0.25) is 4.79 Å². The topological polar surface area (TPSA) is 118 Å². The van der Waals surface area contributed by atoms with Gasteiger partial charge in [0.15, 0.2) is 0 Å². The summed E-state index contributed by atoms with van der Waals surface area (Å²) in [5, 5.41) is 11.7. The van der Waals surface area contributed by atoms with E-state index in [0.29, 0.717) is 32.2 Å². The molecule has 0 aliphatic rings. The summed E-state index contributed by atoms with van der Waals surface area (Å²) in [4.78, 5) is 23.1. The summed E-state index contributed by atoms with van der Waals surface area (Å²) < 4.78 is 0. The number of aryl methyl sites for hydroxylation is 1. The smallest absolute Gasteiger partial charge is 0.326 e. The van der Waals surface area contributed by atoms with Crippen molar-refractivity contribution in [3.8, 4) is 0 Å². The van der Waals surface area contributed by atoms with Gasteiger partial charge in [-0.25, -0.2) is 4.79 Å². The van der Waals surface area contributed by atoms with Crippen molar-refractivity contribution in [1.29, 1.82) is 0 Å². The van der Waals surface area contributed by atoms with Crippen molar-refractivity contribution in [2.45, 2.75) is 37.8 Å². The van der Waals surface area contributed by atoms with Crippen molar-refractivity contribution in [3.63, 3.8) is 0 Å². The van der Waals surface area contributed by atoms with E-state index >= 15 is 0 Å². The molecule has 6 heteroatoms. The summed E-state index contributed by atoms with van der Waals surface area (Å²) in [5.41, 5.74) is 12.1. The van der Waals surface area contributed by atoms with E-state index in [2.05, 4.69) is 5.32 Å². The Balaban J connectivity index is 2.50. The first-order valence-electron chi connectivity index (χ1n) is 7.07. The molecule has 0 unspecified atom stereocenters. The van der Waals surface area contributed by atoms with Gasteiger partial charge in [0.05, 0.1) is 6.04 Å². The summed E-state index contributed by atoms with van der Waals surface area (Å²) in [6.45, 7) is 0.456. The number of carboxylic acid groups (broad SMARTS) is 1. The number of carbonyl (C=O) groups is 2. The standard InChI is InChI=1S/C15H23N3O3/c16-10-4-7-12(17)14(19)18-13(15(20)21)9-8-11-5-2-1-3-6-11/h1-3,5-6,12-13H,4,7-10,16-17H2,(H,18,19)(H,20,21)/t12-,13-/m1/s1. The van der Waals surface area contributed by atoms with Crippen molar-refractivity contribution in [2.24, 2.45) is 11.5 Å². The Labute approximate surface area is 124 Å². The van der Waals surface area contributed by atoms with Crippen LogP contribution in [0, 0.1) is 0 Å². The van der Waals surface area contributed by atoms with E-state index in [-0.39, 0.29) is 0 Å². The van der Waals surface area contributed by atoms with Crippen LogP contribution >= 0.6 is 0 Å². The molecule has 0 aromatic heterocycles. The number of nitrogens with one attached hydrogen (secondary N) is 1. The fraction of sp³-hybridized carbons (Fsp3) is 0.467. The molecule has 0 saturated heterocycles. The minimum Gasteiger partial charge on any atom is -0.480 e. The van der Waals surface area contributed by atoms with Gasteiger partial charge in [-0.05, 0) is 37.8 Å². The highest BCUT2D eigenvalue weighted by molar-refractivity contribution is 5.86. The molecule has 0 aliphatic carbocycles. The van der Waals surface area contributed by atoms with Crippen molar-refractivity contribution in [2.75, 3.05) is 6.54 Å². The van der Waals surface area contributed by atoms with Gasteiger partial charge in [-0.15, -0.1) is 0 Å². The van der Waals surface area contributed by atoms with E-state index in [4.69, 9.17) is 11.5 Å². The maximum absolute atomic E-state index is 11.8. The summed E-state index contributed by atoms with van der Waals surface area (Å²) in [5.74, 6) is -1.49. The molecule has 0 spiro atoms. The molecule has 1 amide bonds. The highest BCUT2D eigenvalue weighted by Gasteiger charge is 2.22. The zero-order chi connectivity index (χ0) is 15.7. The molecule has 0 saturated carbocycles. The molecular formula is C15H23N3O3. The van der Waals surface area contributed by atoms with Crippen LogP contribution in [0.3, 0.4) is 0 Å². The second kappa shape index (κ2) is 9.10. The zero-order valence-corrected chi connectivity index (χ0v) is 12.0.